The number of sulfonamides is 1. The average Bonchev–Trinajstić information content (AvgIpc) is 2.63. The van der Waals surface area contributed by atoms with Crippen molar-refractivity contribution in [1.29, 1.82) is 0 Å². The molecule has 2 rings (SSSR count). The van der Waals surface area contributed by atoms with E-state index in [4.69, 9.17) is 16.7 Å². The summed E-state index contributed by atoms with van der Waals surface area (Å²) in [5.41, 5.74) is 1.55. The number of hydrogen-bond acceptors (Lipinski definition) is 4. The van der Waals surface area contributed by atoms with Crippen LogP contribution in [-0.4, -0.2) is 43.4 Å². The van der Waals surface area contributed by atoms with Gasteiger partial charge in [0.2, 0.25) is 15.9 Å². The fourth-order valence-electron chi connectivity index (χ4n) is 2.42. The van der Waals surface area contributed by atoms with Crippen molar-refractivity contribution in [2.45, 2.75) is 24.8 Å². The summed E-state index contributed by atoms with van der Waals surface area (Å²) in [5.74, 6) is -0.439. The summed E-state index contributed by atoms with van der Waals surface area (Å²) >= 11 is 6.17. The molecule has 2 N–H and O–H groups in total. The maximum absolute atomic E-state index is 13.1. The van der Waals surface area contributed by atoms with Crippen molar-refractivity contribution in [3.05, 3.63) is 64.7 Å². The van der Waals surface area contributed by atoms with Crippen LogP contribution in [0.3, 0.4) is 0 Å². The Labute approximate surface area is 164 Å². The molecule has 0 aromatic heterocycles. The molecular weight excluding hydrogens is 388 g/mol. The summed E-state index contributed by atoms with van der Waals surface area (Å²) in [6.07, 6.45) is 0.404. The molecule has 0 aliphatic rings. The van der Waals surface area contributed by atoms with Gasteiger partial charge in [-0.2, -0.15) is 4.31 Å². The number of nitrogens with zero attached hydrogens (tertiary/aromatic N) is 1. The minimum atomic E-state index is -3.89. The first-order valence-electron chi connectivity index (χ1n) is 8.52. The third-order valence-corrected chi connectivity index (χ3v) is 6.11. The molecule has 1 amide bonds. The van der Waals surface area contributed by atoms with Crippen LogP contribution >= 0.6 is 11.6 Å². The first-order chi connectivity index (χ1) is 12.8. The predicted molar refractivity (Wildman–Crippen MR) is 105 cm³/mol. The van der Waals surface area contributed by atoms with Gasteiger partial charge in [0.1, 0.15) is 0 Å². The summed E-state index contributed by atoms with van der Waals surface area (Å²) in [7, 11) is -3.89. The van der Waals surface area contributed by atoms with E-state index in [0.717, 1.165) is 9.87 Å². The molecular formula is C19H23ClN2O4S. The zero-order valence-electron chi connectivity index (χ0n) is 15.1. The first-order valence-corrected chi connectivity index (χ1v) is 10.3. The van der Waals surface area contributed by atoms with Crippen molar-refractivity contribution in [3.8, 4) is 0 Å². The van der Waals surface area contributed by atoms with Gasteiger partial charge in [-0.3, -0.25) is 4.79 Å². The van der Waals surface area contributed by atoms with E-state index < -0.39 is 15.9 Å². The largest absolute Gasteiger partial charge is 0.396 e. The van der Waals surface area contributed by atoms with E-state index >= 15 is 0 Å². The van der Waals surface area contributed by atoms with Crippen molar-refractivity contribution >= 4 is 27.5 Å². The van der Waals surface area contributed by atoms with Crippen LogP contribution in [0.5, 0.6) is 0 Å². The van der Waals surface area contributed by atoms with E-state index in [0.29, 0.717) is 17.0 Å². The molecule has 27 heavy (non-hydrogen) atoms. The van der Waals surface area contributed by atoms with Crippen LogP contribution in [0, 0.1) is 6.92 Å². The number of aliphatic hydroxyl groups excluding tert-OH is 1. The SMILES string of the molecule is Cc1ccc(S(=O)(=O)N(CC(=O)NCCCO)Cc2ccccc2Cl)cc1. The molecule has 2 aromatic carbocycles. The Bertz CT molecular complexity index is 870. The number of amides is 1. The second kappa shape index (κ2) is 9.85. The highest BCUT2D eigenvalue weighted by Gasteiger charge is 2.27. The lowest BCUT2D eigenvalue weighted by atomic mass is 10.2. The Morgan fingerprint density at radius 1 is 1.15 bits per heavy atom. The lowest BCUT2D eigenvalue weighted by Crippen LogP contribution is -2.40. The number of carbonyl (C=O) groups is 1. The maximum Gasteiger partial charge on any atom is 0.243 e. The minimum absolute atomic E-state index is 0.0245. The van der Waals surface area contributed by atoms with Crippen LogP contribution in [0.1, 0.15) is 17.5 Å². The summed E-state index contributed by atoms with van der Waals surface area (Å²) in [4.78, 5) is 12.3. The number of halogens is 1. The zero-order valence-corrected chi connectivity index (χ0v) is 16.6. The van der Waals surface area contributed by atoms with E-state index in [1.165, 1.54) is 12.1 Å². The molecule has 0 aliphatic heterocycles. The smallest absolute Gasteiger partial charge is 0.243 e. The number of nitrogens with one attached hydrogen (secondary N) is 1. The topological polar surface area (TPSA) is 86.7 Å². The second-order valence-corrected chi connectivity index (χ2v) is 8.45. The van der Waals surface area contributed by atoms with Gasteiger partial charge in [0.05, 0.1) is 11.4 Å². The highest BCUT2D eigenvalue weighted by molar-refractivity contribution is 7.89. The molecule has 0 bridgehead atoms. The molecule has 6 nitrogen and oxygen atoms in total. The van der Waals surface area contributed by atoms with Gasteiger partial charge in [0.25, 0.3) is 0 Å². The number of hydrogen-bond donors (Lipinski definition) is 2. The van der Waals surface area contributed by atoms with Crippen molar-refractivity contribution in [3.63, 3.8) is 0 Å². The van der Waals surface area contributed by atoms with Gasteiger partial charge in [-0.25, -0.2) is 8.42 Å². The van der Waals surface area contributed by atoms with Crippen LogP contribution in [0.25, 0.3) is 0 Å². The highest BCUT2D eigenvalue weighted by atomic mass is 35.5. The maximum atomic E-state index is 13.1. The number of rotatable bonds is 9. The van der Waals surface area contributed by atoms with Crippen LogP contribution in [-0.2, 0) is 21.4 Å². The highest BCUT2D eigenvalue weighted by Crippen LogP contribution is 2.22. The summed E-state index contributed by atoms with van der Waals surface area (Å²) in [6.45, 7) is 1.73. The Hall–Kier alpha value is -1.93. The molecule has 0 radical (unpaired) electrons. The minimum Gasteiger partial charge on any atom is -0.396 e. The number of aliphatic hydroxyl groups is 1. The second-order valence-electron chi connectivity index (χ2n) is 6.10. The third-order valence-electron chi connectivity index (χ3n) is 3.94. The predicted octanol–water partition coefficient (Wildman–Crippen LogP) is 2.34. The fraction of sp³-hybridized carbons (Fsp3) is 0.316. The Balaban J connectivity index is 2.29. The van der Waals surface area contributed by atoms with Crippen LogP contribution in [0.2, 0.25) is 5.02 Å². The summed E-state index contributed by atoms with van der Waals surface area (Å²) < 4.78 is 27.3. The lowest BCUT2D eigenvalue weighted by Gasteiger charge is -2.22. The lowest BCUT2D eigenvalue weighted by molar-refractivity contribution is -0.121. The van der Waals surface area contributed by atoms with Crippen molar-refractivity contribution < 1.29 is 18.3 Å². The number of carbonyl (C=O) groups excluding carboxylic acids is 1. The van der Waals surface area contributed by atoms with Gasteiger partial charge in [-0.15, -0.1) is 0 Å². The van der Waals surface area contributed by atoms with Gasteiger partial charge in [-0.05, 0) is 37.1 Å². The molecule has 8 heteroatoms. The molecule has 0 fully saturated rings. The molecule has 2 aromatic rings. The third kappa shape index (κ3) is 6.04. The quantitative estimate of drug-likeness (QED) is 0.621. The molecule has 0 saturated heterocycles. The molecule has 0 spiro atoms. The Morgan fingerprint density at radius 3 is 2.44 bits per heavy atom. The van der Waals surface area contributed by atoms with E-state index in [-0.39, 0.29) is 31.1 Å². The number of benzene rings is 2. The van der Waals surface area contributed by atoms with Gasteiger partial charge in [0, 0.05) is 24.7 Å². The van der Waals surface area contributed by atoms with E-state index in [1.54, 1.807) is 36.4 Å². The van der Waals surface area contributed by atoms with Gasteiger partial charge in [0.15, 0.2) is 0 Å². The van der Waals surface area contributed by atoms with Crippen LogP contribution in [0.15, 0.2) is 53.4 Å². The summed E-state index contributed by atoms with van der Waals surface area (Å²) in [5, 5.41) is 11.9. The van der Waals surface area contributed by atoms with E-state index in [1.807, 2.05) is 6.92 Å². The molecule has 0 atom stereocenters. The van der Waals surface area contributed by atoms with Gasteiger partial charge < -0.3 is 10.4 Å². The zero-order chi connectivity index (χ0) is 19.9. The fourth-order valence-corrected chi connectivity index (χ4v) is 3.99. The standard InChI is InChI=1S/C19H23ClN2O4S/c1-15-7-9-17(10-8-15)27(25,26)22(14-19(24)21-11-4-12-23)13-16-5-2-3-6-18(16)20/h2-3,5-10,23H,4,11-14H2,1H3,(H,21,24). The molecule has 0 aliphatic carbocycles. The first kappa shape index (κ1) is 21.4. The van der Waals surface area contributed by atoms with Gasteiger partial charge in [-0.1, -0.05) is 47.5 Å². The van der Waals surface area contributed by atoms with Crippen LogP contribution in [0.4, 0.5) is 0 Å². The molecule has 0 unspecified atom stereocenters. The Morgan fingerprint density at radius 2 is 1.81 bits per heavy atom. The van der Waals surface area contributed by atoms with E-state index in [9.17, 15) is 13.2 Å². The van der Waals surface area contributed by atoms with Gasteiger partial charge >= 0.3 is 0 Å². The summed E-state index contributed by atoms with van der Waals surface area (Å²) in [6, 6.07) is 13.4. The molecule has 0 saturated carbocycles. The normalized spacial score (nSPS) is 11.6. The monoisotopic (exact) mass is 410 g/mol. The number of aryl methyl sites for hydroxylation is 1. The van der Waals surface area contributed by atoms with Crippen molar-refractivity contribution in [1.82, 2.24) is 9.62 Å². The Kier molecular flexibility index (Phi) is 7.79. The van der Waals surface area contributed by atoms with Crippen molar-refractivity contribution in [2.24, 2.45) is 0 Å². The van der Waals surface area contributed by atoms with Crippen LogP contribution < -0.4 is 5.32 Å². The van der Waals surface area contributed by atoms with E-state index in [2.05, 4.69) is 5.32 Å². The average molecular weight is 411 g/mol. The molecule has 146 valence electrons. The molecule has 0 heterocycles. The van der Waals surface area contributed by atoms with Crippen molar-refractivity contribution in [2.75, 3.05) is 19.7 Å².